The van der Waals surface area contributed by atoms with E-state index in [9.17, 15) is 0 Å². The lowest BCUT2D eigenvalue weighted by Gasteiger charge is -2.05. The number of rotatable bonds is 4. The second kappa shape index (κ2) is 5.70. The molecule has 0 unspecified atom stereocenters. The minimum atomic E-state index is 0.781. The van der Waals surface area contributed by atoms with Gasteiger partial charge in [-0.2, -0.15) is 0 Å². The highest BCUT2D eigenvalue weighted by atomic mass is 127. The maximum atomic E-state index is 5.88. The zero-order valence-electron chi connectivity index (χ0n) is 7.52. The zero-order chi connectivity index (χ0) is 9.68. The van der Waals surface area contributed by atoms with Crippen molar-refractivity contribution in [2.45, 2.75) is 19.8 Å². The second-order valence-corrected chi connectivity index (χ2v) is 4.35. The highest BCUT2D eigenvalue weighted by Crippen LogP contribution is 2.23. The first-order valence-electron chi connectivity index (χ1n) is 4.32. The normalized spacial score (nSPS) is 10.1. The van der Waals surface area contributed by atoms with Gasteiger partial charge in [-0.3, -0.25) is 0 Å². The van der Waals surface area contributed by atoms with Crippen LogP contribution in [0, 0.1) is 3.57 Å². The fourth-order valence-electron chi connectivity index (χ4n) is 0.901. The summed E-state index contributed by atoms with van der Waals surface area (Å²) < 4.78 is 6.55. The summed E-state index contributed by atoms with van der Waals surface area (Å²) in [5, 5.41) is 0.781. The molecule has 0 radical (unpaired) electrons. The maximum Gasteiger partial charge on any atom is 0.120 e. The summed E-state index contributed by atoms with van der Waals surface area (Å²) in [6.45, 7) is 2.93. The van der Waals surface area contributed by atoms with Crippen molar-refractivity contribution in [1.82, 2.24) is 0 Å². The van der Waals surface area contributed by atoms with Crippen molar-refractivity contribution in [3.8, 4) is 5.75 Å². The van der Waals surface area contributed by atoms with Crippen molar-refractivity contribution < 1.29 is 4.74 Å². The molecule has 72 valence electrons. The van der Waals surface area contributed by atoms with Gasteiger partial charge in [-0.05, 0) is 47.2 Å². The van der Waals surface area contributed by atoms with E-state index in [1.165, 1.54) is 0 Å². The molecule has 0 aliphatic heterocycles. The van der Waals surface area contributed by atoms with Gasteiger partial charge in [0.25, 0.3) is 0 Å². The molecular weight excluding hydrogens is 298 g/mol. The van der Waals surface area contributed by atoms with Gasteiger partial charge in [0.2, 0.25) is 0 Å². The van der Waals surface area contributed by atoms with Crippen molar-refractivity contribution in [3.05, 3.63) is 26.8 Å². The van der Waals surface area contributed by atoms with E-state index in [2.05, 4.69) is 29.5 Å². The van der Waals surface area contributed by atoms with E-state index in [1.807, 2.05) is 18.2 Å². The molecule has 0 saturated heterocycles. The van der Waals surface area contributed by atoms with E-state index in [0.29, 0.717) is 0 Å². The minimum Gasteiger partial charge on any atom is -0.494 e. The summed E-state index contributed by atoms with van der Waals surface area (Å²) in [7, 11) is 0. The third-order valence-electron chi connectivity index (χ3n) is 1.66. The monoisotopic (exact) mass is 310 g/mol. The average molecular weight is 311 g/mol. The van der Waals surface area contributed by atoms with Gasteiger partial charge < -0.3 is 4.74 Å². The molecule has 0 atom stereocenters. The topological polar surface area (TPSA) is 9.23 Å². The van der Waals surface area contributed by atoms with Crippen LogP contribution in [0.2, 0.25) is 5.02 Å². The van der Waals surface area contributed by atoms with Crippen LogP contribution in [0.5, 0.6) is 5.75 Å². The molecule has 0 amide bonds. The van der Waals surface area contributed by atoms with Crippen molar-refractivity contribution >= 4 is 34.2 Å². The third-order valence-corrected chi connectivity index (χ3v) is 3.20. The molecule has 0 saturated carbocycles. The summed E-state index contributed by atoms with van der Waals surface area (Å²) >= 11 is 8.08. The highest BCUT2D eigenvalue weighted by Gasteiger charge is 1.98. The van der Waals surface area contributed by atoms with Crippen LogP contribution in [-0.4, -0.2) is 6.61 Å². The lowest BCUT2D eigenvalue weighted by atomic mass is 10.3. The number of hydrogen-bond acceptors (Lipinski definition) is 1. The van der Waals surface area contributed by atoms with Gasteiger partial charge in [-0.15, -0.1) is 0 Å². The molecular formula is C10H12ClIO. The van der Waals surface area contributed by atoms with Crippen LogP contribution in [0.3, 0.4) is 0 Å². The molecule has 13 heavy (non-hydrogen) atoms. The molecule has 1 aromatic carbocycles. The Balaban J connectivity index is 2.53. The molecule has 0 N–H and O–H groups in total. The highest BCUT2D eigenvalue weighted by molar-refractivity contribution is 14.1. The molecule has 0 spiro atoms. The van der Waals surface area contributed by atoms with Crippen molar-refractivity contribution in [1.29, 1.82) is 0 Å². The van der Waals surface area contributed by atoms with Crippen LogP contribution in [0.4, 0.5) is 0 Å². The van der Waals surface area contributed by atoms with E-state index < -0.39 is 0 Å². The molecule has 1 rings (SSSR count). The predicted molar refractivity (Wildman–Crippen MR) is 64.6 cm³/mol. The van der Waals surface area contributed by atoms with Gasteiger partial charge in [-0.25, -0.2) is 0 Å². The maximum absolute atomic E-state index is 5.88. The molecule has 0 fully saturated rings. The number of hydrogen-bond donors (Lipinski definition) is 0. The molecule has 0 aromatic heterocycles. The Hall–Kier alpha value is 0.0400. The van der Waals surface area contributed by atoms with E-state index in [0.717, 1.165) is 33.8 Å². The lowest BCUT2D eigenvalue weighted by molar-refractivity contribution is 0.309. The quantitative estimate of drug-likeness (QED) is 0.600. The standard InChI is InChI=1S/C10H12ClIO/c1-2-3-6-13-8-4-5-9(11)10(12)7-8/h4-5,7H,2-3,6H2,1H3. The molecule has 0 heterocycles. The predicted octanol–water partition coefficient (Wildman–Crippen LogP) is 4.12. The van der Waals surface area contributed by atoms with Gasteiger partial charge in [0.15, 0.2) is 0 Å². The van der Waals surface area contributed by atoms with Crippen LogP contribution in [-0.2, 0) is 0 Å². The lowest BCUT2D eigenvalue weighted by Crippen LogP contribution is -1.96. The second-order valence-electron chi connectivity index (χ2n) is 2.78. The van der Waals surface area contributed by atoms with E-state index in [1.54, 1.807) is 0 Å². The molecule has 3 heteroatoms. The summed E-state index contributed by atoms with van der Waals surface area (Å²) in [5.41, 5.74) is 0. The first kappa shape index (κ1) is 11.1. The SMILES string of the molecule is CCCCOc1ccc(Cl)c(I)c1. The molecule has 1 aromatic rings. The Morgan fingerprint density at radius 2 is 2.23 bits per heavy atom. The largest absolute Gasteiger partial charge is 0.494 e. The van der Waals surface area contributed by atoms with Gasteiger partial charge in [0.05, 0.1) is 11.6 Å². The van der Waals surface area contributed by atoms with Gasteiger partial charge >= 0.3 is 0 Å². The first-order valence-corrected chi connectivity index (χ1v) is 5.77. The Morgan fingerprint density at radius 3 is 2.85 bits per heavy atom. The summed E-state index contributed by atoms with van der Waals surface area (Å²) in [6, 6.07) is 5.73. The van der Waals surface area contributed by atoms with Crippen molar-refractivity contribution in [2.24, 2.45) is 0 Å². The zero-order valence-corrected chi connectivity index (χ0v) is 10.4. The van der Waals surface area contributed by atoms with Crippen LogP contribution < -0.4 is 4.74 Å². The van der Waals surface area contributed by atoms with Crippen LogP contribution >= 0.6 is 34.2 Å². The van der Waals surface area contributed by atoms with Crippen molar-refractivity contribution in [3.63, 3.8) is 0 Å². The number of ether oxygens (including phenoxy) is 1. The minimum absolute atomic E-state index is 0.781. The fourth-order valence-corrected chi connectivity index (χ4v) is 1.51. The van der Waals surface area contributed by atoms with Crippen LogP contribution in [0.25, 0.3) is 0 Å². The van der Waals surface area contributed by atoms with E-state index in [4.69, 9.17) is 16.3 Å². The van der Waals surface area contributed by atoms with Crippen molar-refractivity contribution in [2.75, 3.05) is 6.61 Å². The Kier molecular flexibility index (Phi) is 4.88. The number of benzene rings is 1. The first-order chi connectivity index (χ1) is 6.24. The smallest absolute Gasteiger partial charge is 0.120 e. The third kappa shape index (κ3) is 3.73. The summed E-state index contributed by atoms with van der Waals surface area (Å²) in [5.74, 6) is 0.905. The molecule has 0 bridgehead atoms. The Labute approximate surface area is 97.6 Å². The molecule has 1 nitrogen and oxygen atoms in total. The Morgan fingerprint density at radius 1 is 1.46 bits per heavy atom. The Bertz CT molecular complexity index is 276. The fraction of sp³-hybridized carbons (Fsp3) is 0.400. The number of halogens is 2. The molecule has 0 aliphatic rings. The van der Waals surface area contributed by atoms with Crippen LogP contribution in [0.1, 0.15) is 19.8 Å². The van der Waals surface area contributed by atoms with E-state index in [-0.39, 0.29) is 0 Å². The average Bonchev–Trinajstić information content (AvgIpc) is 2.12. The summed E-state index contributed by atoms with van der Waals surface area (Å²) in [4.78, 5) is 0. The molecule has 0 aliphatic carbocycles. The van der Waals surface area contributed by atoms with Gasteiger partial charge in [0.1, 0.15) is 5.75 Å². The van der Waals surface area contributed by atoms with Gasteiger partial charge in [0, 0.05) is 3.57 Å². The van der Waals surface area contributed by atoms with Gasteiger partial charge in [-0.1, -0.05) is 24.9 Å². The summed E-state index contributed by atoms with van der Waals surface area (Å²) in [6.07, 6.45) is 2.25. The number of unbranched alkanes of at least 4 members (excludes halogenated alkanes) is 1. The van der Waals surface area contributed by atoms with Crippen LogP contribution in [0.15, 0.2) is 18.2 Å². The van der Waals surface area contributed by atoms with E-state index >= 15 is 0 Å².